The highest BCUT2D eigenvalue weighted by Gasteiger charge is 2.04. The van der Waals surface area contributed by atoms with E-state index >= 15 is 0 Å². The second-order valence-electron chi connectivity index (χ2n) is 4.72. The minimum absolute atomic E-state index is 0.290. The van der Waals surface area contributed by atoms with Gasteiger partial charge in [0.1, 0.15) is 5.75 Å². The molecule has 0 radical (unpaired) electrons. The summed E-state index contributed by atoms with van der Waals surface area (Å²) in [6.07, 6.45) is 0.952. The second kappa shape index (κ2) is 7.45. The first kappa shape index (κ1) is 15.1. The SMILES string of the molecule is CNCCCOc1cccc(-c2ccc(C(=O)O)cc2)c1. The van der Waals surface area contributed by atoms with Gasteiger partial charge in [-0.2, -0.15) is 0 Å². The molecule has 2 rings (SSSR count). The predicted molar refractivity (Wildman–Crippen MR) is 82.9 cm³/mol. The molecule has 0 aliphatic rings. The summed E-state index contributed by atoms with van der Waals surface area (Å²) in [5.74, 6) is -0.0888. The van der Waals surface area contributed by atoms with Crippen molar-refractivity contribution in [2.24, 2.45) is 0 Å². The molecule has 0 unspecified atom stereocenters. The van der Waals surface area contributed by atoms with Crippen molar-refractivity contribution in [1.82, 2.24) is 5.32 Å². The van der Waals surface area contributed by atoms with Gasteiger partial charge in [-0.15, -0.1) is 0 Å². The van der Waals surface area contributed by atoms with E-state index in [1.807, 2.05) is 43.4 Å². The number of carbonyl (C=O) groups is 1. The molecule has 2 aromatic carbocycles. The third-order valence-electron chi connectivity index (χ3n) is 3.14. The number of ether oxygens (including phenoxy) is 1. The average molecular weight is 285 g/mol. The van der Waals surface area contributed by atoms with Crippen molar-refractivity contribution in [1.29, 1.82) is 0 Å². The molecule has 0 amide bonds. The zero-order valence-corrected chi connectivity index (χ0v) is 12.0. The van der Waals surface area contributed by atoms with Crippen LogP contribution >= 0.6 is 0 Å². The van der Waals surface area contributed by atoms with Crippen LogP contribution in [0.5, 0.6) is 5.75 Å². The van der Waals surface area contributed by atoms with E-state index in [0.29, 0.717) is 12.2 Å². The van der Waals surface area contributed by atoms with E-state index in [9.17, 15) is 4.79 Å². The van der Waals surface area contributed by atoms with Gasteiger partial charge in [0, 0.05) is 0 Å². The fraction of sp³-hybridized carbons (Fsp3) is 0.235. The van der Waals surface area contributed by atoms with Crippen LogP contribution in [-0.4, -0.2) is 31.3 Å². The van der Waals surface area contributed by atoms with Gasteiger partial charge in [0.2, 0.25) is 0 Å². The van der Waals surface area contributed by atoms with Crippen molar-refractivity contribution < 1.29 is 14.6 Å². The lowest BCUT2D eigenvalue weighted by molar-refractivity contribution is 0.0697. The zero-order valence-electron chi connectivity index (χ0n) is 12.0. The van der Waals surface area contributed by atoms with Crippen LogP contribution in [0.15, 0.2) is 48.5 Å². The van der Waals surface area contributed by atoms with E-state index in [2.05, 4.69) is 5.32 Å². The van der Waals surface area contributed by atoms with Gasteiger partial charge in [-0.1, -0.05) is 24.3 Å². The lowest BCUT2D eigenvalue weighted by Gasteiger charge is -2.08. The largest absolute Gasteiger partial charge is 0.494 e. The minimum Gasteiger partial charge on any atom is -0.494 e. The number of nitrogens with one attached hydrogen (secondary N) is 1. The molecule has 0 saturated heterocycles. The Morgan fingerprint density at radius 1 is 1.14 bits per heavy atom. The van der Waals surface area contributed by atoms with Crippen molar-refractivity contribution in [2.75, 3.05) is 20.2 Å². The average Bonchev–Trinajstić information content (AvgIpc) is 2.52. The molecule has 21 heavy (non-hydrogen) atoms. The number of aromatic carboxylic acids is 1. The maximum atomic E-state index is 10.8. The maximum absolute atomic E-state index is 10.8. The quantitative estimate of drug-likeness (QED) is 0.768. The highest BCUT2D eigenvalue weighted by atomic mass is 16.5. The van der Waals surface area contributed by atoms with Gasteiger partial charge in [0.25, 0.3) is 0 Å². The van der Waals surface area contributed by atoms with E-state index < -0.39 is 5.97 Å². The van der Waals surface area contributed by atoms with Crippen molar-refractivity contribution >= 4 is 5.97 Å². The highest BCUT2D eigenvalue weighted by molar-refractivity contribution is 5.88. The van der Waals surface area contributed by atoms with Crippen LogP contribution in [0.4, 0.5) is 0 Å². The molecule has 0 aliphatic heterocycles. The molecule has 0 saturated carbocycles. The highest BCUT2D eigenvalue weighted by Crippen LogP contribution is 2.24. The fourth-order valence-electron chi connectivity index (χ4n) is 2.01. The molecule has 0 spiro atoms. The minimum atomic E-state index is -0.914. The van der Waals surface area contributed by atoms with Crippen LogP contribution in [0.1, 0.15) is 16.8 Å². The molecule has 4 heteroatoms. The van der Waals surface area contributed by atoms with E-state index in [0.717, 1.165) is 29.8 Å². The Kier molecular flexibility index (Phi) is 5.35. The predicted octanol–water partition coefficient (Wildman–Crippen LogP) is 3.04. The lowest BCUT2D eigenvalue weighted by atomic mass is 10.0. The Morgan fingerprint density at radius 2 is 1.90 bits per heavy atom. The van der Waals surface area contributed by atoms with Gasteiger partial charge in [0.15, 0.2) is 0 Å². The summed E-state index contributed by atoms with van der Waals surface area (Å²) in [6.45, 7) is 1.60. The Hall–Kier alpha value is -2.33. The summed E-state index contributed by atoms with van der Waals surface area (Å²) in [4.78, 5) is 10.8. The Morgan fingerprint density at radius 3 is 2.57 bits per heavy atom. The van der Waals surface area contributed by atoms with Gasteiger partial charge >= 0.3 is 5.97 Å². The van der Waals surface area contributed by atoms with Crippen LogP contribution in [0, 0.1) is 0 Å². The van der Waals surface area contributed by atoms with Gasteiger partial charge in [0.05, 0.1) is 12.2 Å². The Bertz CT molecular complexity index is 593. The number of hydrogen-bond donors (Lipinski definition) is 2. The number of carboxylic acid groups (broad SMARTS) is 1. The van der Waals surface area contributed by atoms with E-state index in [4.69, 9.17) is 9.84 Å². The number of hydrogen-bond acceptors (Lipinski definition) is 3. The summed E-state index contributed by atoms with van der Waals surface area (Å²) >= 11 is 0. The third kappa shape index (κ3) is 4.33. The monoisotopic (exact) mass is 285 g/mol. The molecule has 2 N–H and O–H groups in total. The first-order valence-corrected chi connectivity index (χ1v) is 6.92. The molecule has 0 fully saturated rings. The second-order valence-corrected chi connectivity index (χ2v) is 4.72. The number of carboxylic acids is 1. The van der Waals surface area contributed by atoms with Crippen LogP contribution in [0.3, 0.4) is 0 Å². The van der Waals surface area contributed by atoms with Crippen molar-refractivity contribution in [3.63, 3.8) is 0 Å². The standard InChI is InChI=1S/C17H19NO3/c1-18-10-3-11-21-16-5-2-4-15(12-16)13-6-8-14(9-7-13)17(19)20/h2,4-9,12,18H,3,10-11H2,1H3,(H,19,20). The maximum Gasteiger partial charge on any atom is 0.335 e. The van der Waals surface area contributed by atoms with Crippen molar-refractivity contribution in [3.05, 3.63) is 54.1 Å². The molecule has 4 nitrogen and oxygen atoms in total. The molecule has 110 valence electrons. The van der Waals surface area contributed by atoms with Gasteiger partial charge < -0.3 is 15.2 Å². The molecule has 0 atom stereocenters. The summed E-state index contributed by atoms with van der Waals surface area (Å²) in [5, 5.41) is 12.0. The van der Waals surface area contributed by atoms with Gasteiger partial charge in [-0.05, 0) is 55.4 Å². The van der Waals surface area contributed by atoms with E-state index in [-0.39, 0.29) is 0 Å². The van der Waals surface area contributed by atoms with Gasteiger partial charge in [-0.25, -0.2) is 4.79 Å². The first-order chi connectivity index (χ1) is 10.2. The number of rotatable bonds is 7. The molecule has 0 aromatic heterocycles. The zero-order chi connectivity index (χ0) is 15.1. The fourth-order valence-corrected chi connectivity index (χ4v) is 2.01. The summed E-state index contributed by atoms with van der Waals surface area (Å²) < 4.78 is 5.70. The van der Waals surface area contributed by atoms with Gasteiger partial charge in [-0.3, -0.25) is 0 Å². The normalized spacial score (nSPS) is 10.3. The summed E-state index contributed by atoms with van der Waals surface area (Å²) in [6, 6.07) is 14.6. The summed E-state index contributed by atoms with van der Waals surface area (Å²) in [7, 11) is 1.92. The Labute approximate surface area is 124 Å². The lowest BCUT2D eigenvalue weighted by Crippen LogP contribution is -2.11. The smallest absolute Gasteiger partial charge is 0.335 e. The molecule has 0 heterocycles. The molecular formula is C17H19NO3. The van der Waals surface area contributed by atoms with Crippen LogP contribution < -0.4 is 10.1 Å². The first-order valence-electron chi connectivity index (χ1n) is 6.92. The van der Waals surface area contributed by atoms with Crippen molar-refractivity contribution in [3.8, 4) is 16.9 Å². The summed E-state index contributed by atoms with van der Waals surface area (Å²) in [5.41, 5.74) is 2.27. The van der Waals surface area contributed by atoms with E-state index in [1.54, 1.807) is 12.1 Å². The molecular weight excluding hydrogens is 266 g/mol. The van der Waals surface area contributed by atoms with Crippen molar-refractivity contribution in [2.45, 2.75) is 6.42 Å². The van der Waals surface area contributed by atoms with Crippen LogP contribution in [0.25, 0.3) is 11.1 Å². The Balaban J connectivity index is 2.07. The molecule has 2 aromatic rings. The van der Waals surface area contributed by atoms with Crippen LogP contribution in [0.2, 0.25) is 0 Å². The third-order valence-corrected chi connectivity index (χ3v) is 3.14. The van der Waals surface area contributed by atoms with Crippen LogP contribution in [-0.2, 0) is 0 Å². The topological polar surface area (TPSA) is 58.6 Å². The molecule has 0 bridgehead atoms. The number of benzene rings is 2. The van der Waals surface area contributed by atoms with E-state index in [1.165, 1.54) is 0 Å². The molecule has 0 aliphatic carbocycles.